The molecule has 0 heterocycles. The van der Waals surface area contributed by atoms with Crippen LogP contribution in [0.1, 0.15) is 0 Å². The van der Waals surface area contributed by atoms with Gasteiger partial charge in [0.2, 0.25) is 0 Å². The first-order valence-corrected chi connectivity index (χ1v) is 5.84. The molecule has 0 radical (unpaired) electrons. The van der Waals surface area contributed by atoms with Gasteiger partial charge in [-0.1, -0.05) is 29.8 Å². The summed E-state index contributed by atoms with van der Waals surface area (Å²) < 4.78 is 17.8. The van der Waals surface area contributed by atoms with Crippen molar-refractivity contribution >= 4 is 17.6 Å². The minimum atomic E-state index is -1.07. The fourth-order valence-electron chi connectivity index (χ4n) is 1.58. The van der Waals surface area contributed by atoms with Crippen LogP contribution in [0.4, 0.5) is 4.39 Å². The molecule has 0 amide bonds. The lowest BCUT2D eigenvalue weighted by molar-refractivity contribution is -0.139. The fraction of sp³-hybridized carbons (Fsp3) is 0.0714. The van der Waals surface area contributed by atoms with Crippen LogP contribution in [0.15, 0.2) is 42.5 Å². The van der Waals surface area contributed by atoms with Gasteiger partial charge in [0.1, 0.15) is 11.6 Å². The summed E-state index contributed by atoms with van der Waals surface area (Å²) in [6.07, 6.45) is 0. The molecule has 0 atom stereocenters. The molecular formula is C14H10ClFO3. The van der Waals surface area contributed by atoms with Gasteiger partial charge in [0.05, 0.1) is 5.02 Å². The molecule has 0 aliphatic rings. The second-order valence-corrected chi connectivity index (χ2v) is 4.24. The van der Waals surface area contributed by atoms with Crippen molar-refractivity contribution in [2.45, 2.75) is 0 Å². The topological polar surface area (TPSA) is 46.5 Å². The SMILES string of the molecule is O=C(O)COc1ccc(-c2ccc(F)cc2)cc1Cl. The molecule has 0 unspecified atom stereocenters. The number of ether oxygens (including phenoxy) is 1. The van der Waals surface area contributed by atoms with Crippen molar-refractivity contribution in [3.8, 4) is 16.9 Å². The number of rotatable bonds is 4. The Balaban J connectivity index is 2.23. The van der Waals surface area contributed by atoms with Crippen LogP contribution in [0.25, 0.3) is 11.1 Å². The molecule has 2 rings (SSSR count). The molecule has 0 saturated heterocycles. The Hall–Kier alpha value is -2.07. The van der Waals surface area contributed by atoms with Crippen molar-refractivity contribution in [2.75, 3.05) is 6.61 Å². The highest BCUT2D eigenvalue weighted by atomic mass is 35.5. The smallest absolute Gasteiger partial charge is 0.341 e. The molecule has 0 saturated carbocycles. The zero-order valence-corrected chi connectivity index (χ0v) is 10.5. The van der Waals surface area contributed by atoms with Crippen molar-refractivity contribution in [3.05, 3.63) is 53.3 Å². The monoisotopic (exact) mass is 280 g/mol. The minimum Gasteiger partial charge on any atom is -0.480 e. The average molecular weight is 281 g/mol. The molecule has 2 aromatic rings. The van der Waals surface area contributed by atoms with Crippen molar-refractivity contribution in [3.63, 3.8) is 0 Å². The van der Waals surface area contributed by atoms with E-state index in [0.717, 1.165) is 11.1 Å². The number of benzene rings is 2. The van der Waals surface area contributed by atoms with E-state index >= 15 is 0 Å². The predicted molar refractivity (Wildman–Crippen MR) is 70.0 cm³/mol. The Morgan fingerprint density at radius 2 is 1.79 bits per heavy atom. The van der Waals surface area contributed by atoms with E-state index < -0.39 is 12.6 Å². The maximum absolute atomic E-state index is 12.8. The number of hydrogen-bond acceptors (Lipinski definition) is 2. The number of hydrogen-bond donors (Lipinski definition) is 1. The van der Waals surface area contributed by atoms with Gasteiger partial charge < -0.3 is 9.84 Å². The molecule has 1 N–H and O–H groups in total. The summed E-state index contributed by atoms with van der Waals surface area (Å²) in [6.45, 7) is -0.449. The summed E-state index contributed by atoms with van der Waals surface area (Å²) in [5.41, 5.74) is 1.61. The number of carboxylic acid groups (broad SMARTS) is 1. The van der Waals surface area contributed by atoms with E-state index in [4.69, 9.17) is 21.4 Å². The van der Waals surface area contributed by atoms with Crippen LogP contribution in [-0.4, -0.2) is 17.7 Å². The number of aliphatic carboxylic acids is 1. The molecule has 0 aliphatic heterocycles. The zero-order valence-electron chi connectivity index (χ0n) is 9.77. The molecule has 5 heteroatoms. The van der Waals surface area contributed by atoms with E-state index in [1.54, 1.807) is 30.3 Å². The summed E-state index contributed by atoms with van der Waals surface area (Å²) in [5.74, 6) is -1.08. The van der Waals surface area contributed by atoms with Crippen LogP contribution in [0.2, 0.25) is 5.02 Å². The Labute approximate surface area is 114 Å². The maximum atomic E-state index is 12.8. The molecule has 0 spiro atoms. The van der Waals surface area contributed by atoms with E-state index in [9.17, 15) is 9.18 Å². The third-order valence-electron chi connectivity index (χ3n) is 2.46. The van der Waals surface area contributed by atoms with E-state index in [1.165, 1.54) is 12.1 Å². The van der Waals surface area contributed by atoms with E-state index in [1.807, 2.05) is 0 Å². The van der Waals surface area contributed by atoms with Crippen molar-refractivity contribution in [1.82, 2.24) is 0 Å². The summed E-state index contributed by atoms with van der Waals surface area (Å²) in [5, 5.41) is 8.83. The van der Waals surface area contributed by atoms with Crippen LogP contribution in [0.3, 0.4) is 0 Å². The van der Waals surface area contributed by atoms with E-state index in [0.29, 0.717) is 10.8 Å². The first kappa shape index (κ1) is 13.4. The van der Waals surface area contributed by atoms with Gasteiger partial charge in [-0.05, 0) is 35.4 Å². The number of carbonyl (C=O) groups is 1. The standard InChI is InChI=1S/C14H10ClFO3/c15-12-7-10(9-1-4-11(16)5-2-9)3-6-13(12)19-8-14(17)18/h1-7H,8H2,(H,17,18). The highest BCUT2D eigenvalue weighted by Gasteiger charge is 2.06. The summed E-state index contributed by atoms with van der Waals surface area (Å²) in [7, 11) is 0. The molecule has 98 valence electrons. The van der Waals surface area contributed by atoms with Crippen LogP contribution in [0.5, 0.6) is 5.75 Å². The molecule has 3 nitrogen and oxygen atoms in total. The first-order valence-electron chi connectivity index (χ1n) is 5.46. The van der Waals surface area contributed by atoms with Crippen molar-refractivity contribution in [1.29, 1.82) is 0 Å². The zero-order chi connectivity index (χ0) is 13.8. The van der Waals surface area contributed by atoms with Crippen LogP contribution in [0, 0.1) is 5.82 Å². The Morgan fingerprint density at radius 1 is 1.16 bits per heavy atom. The first-order chi connectivity index (χ1) is 9.06. The molecule has 2 aromatic carbocycles. The maximum Gasteiger partial charge on any atom is 0.341 e. The molecule has 0 fully saturated rings. The minimum absolute atomic E-state index is 0.301. The Morgan fingerprint density at radius 3 is 2.37 bits per heavy atom. The summed E-state index contributed by atoms with van der Waals surface area (Å²) in [4.78, 5) is 10.4. The average Bonchev–Trinajstić information content (AvgIpc) is 2.38. The Kier molecular flexibility index (Phi) is 4.02. The van der Waals surface area contributed by atoms with Crippen molar-refractivity contribution in [2.24, 2.45) is 0 Å². The molecule has 0 aliphatic carbocycles. The van der Waals surface area contributed by atoms with Gasteiger partial charge in [0.25, 0.3) is 0 Å². The molecule has 0 aromatic heterocycles. The van der Waals surface area contributed by atoms with Gasteiger partial charge in [-0.25, -0.2) is 9.18 Å². The van der Waals surface area contributed by atoms with Gasteiger partial charge in [0, 0.05) is 0 Å². The normalized spacial score (nSPS) is 10.2. The second-order valence-electron chi connectivity index (χ2n) is 3.83. The third-order valence-corrected chi connectivity index (χ3v) is 2.76. The van der Waals surface area contributed by atoms with Gasteiger partial charge in [-0.3, -0.25) is 0 Å². The lowest BCUT2D eigenvalue weighted by Gasteiger charge is -2.08. The van der Waals surface area contributed by atoms with Gasteiger partial charge in [0.15, 0.2) is 6.61 Å². The Bertz CT molecular complexity index is 596. The van der Waals surface area contributed by atoms with Crippen LogP contribution < -0.4 is 4.74 Å². The highest BCUT2D eigenvalue weighted by molar-refractivity contribution is 6.32. The lowest BCUT2D eigenvalue weighted by atomic mass is 10.1. The third kappa shape index (κ3) is 3.45. The summed E-state index contributed by atoms with van der Waals surface area (Å²) >= 11 is 6.00. The van der Waals surface area contributed by atoms with Crippen LogP contribution >= 0.6 is 11.6 Å². The molecular weight excluding hydrogens is 271 g/mol. The van der Waals surface area contributed by atoms with E-state index in [-0.39, 0.29) is 5.82 Å². The van der Waals surface area contributed by atoms with Gasteiger partial charge in [-0.15, -0.1) is 0 Å². The quantitative estimate of drug-likeness (QED) is 0.930. The number of carboxylic acids is 1. The lowest BCUT2D eigenvalue weighted by Crippen LogP contribution is -2.09. The highest BCUT2D eigenvalue weighted by Crippen LogP contribution is 2.30. The van der Waals surface area contributed by atoms with Gasteiger partial charge >= 0.3 is 5.97 Å². The second kappa shape index (κ2) is 5.71. The predicted octanol–water partition coefficient (Wildman–Crippen LogP) is 3.61. The fourth-order valence-corrected chi connectivity index (χ4v) is 1.81. The van der Waals surface area contributed by atoms with Crippen molar-refractivity contribution < 1.29 is 19.0 Å². The molecule has 19 heavy (non-hydrogen) atoms. The van der Waals surface area contributed by atoms with Crippen LogP contribution in [-0.2, 0) is 4.79 Å². The summed E-state index contributed by atoms with van der Waals surface area (Å²) in [6, 6.07) is 11.0. The largest absolute Gasteiger partial charge is 0.480 e. The van der Waals surface area contributed by atoms with Gasteiger partial charge in [-0.2, -0.15) is 0 Å². The van der Waals surface area contributed by atoms with E-state index in [2.05, 4.69) is 0 Å². The number of halogens is 2. The molecule has 0 bridgehead atoms.